The largest absolute Gasteiger partial charge is 0.481 e. The molecule has 2 saturated carbocycles. The van der Waals surface area contributed by atoms with Crippen LogP contribution < -0.4 is 5.32 Å². The summed E-state index contributed by atoms with van der Waals surface area (Å²) in [6, 6.07) is 0. The minimum atomic E-state index is -0.667. The highest BCUT2D eigenvalue weighted by Gasteiger charge is 2.59. The molecule has 25 heavy (non-hydrogen) atoms. The van der Waals surface area contributed by atoms with E-state index in [-0.39, 0.29) is 16.7 Å². The highest BCUT2D eigenvalue weighted by molar-refractivity contribution is 6.30. The van der Waals surface area contributed by atoms with Crippen LogP contribution in [0.2, 0.25) is 0 Å². The van der Waals surface area contributed by atoms with Crippen molar-refractivity contribution in [2.75, 3.05) is 0 Å². The van der Waals surface area contributed by atoms with Crippen molar-refractivity contribution in [2.45, 2.75) is 65.2 Å². The van der Waals surface area contributed by atoms with Gasteiger partial charge in [-0.3, -0.25) is 9.59 Å². The van der Waals surface area contributed by atoms with Gasteiger partial charge in [-0.15, -0.1) is 0 Å². The van der Waals surface area contributed by atoms with E-state index in [1.165, 1.54) is 0 Å². The Morgan fingerprint density at radius 1 is 1.24 bits per heavy atom. The zero-order valence-electron chi connectivity index (χ0n) is 15.1. The number of carboxylic acid groups (broad SMARTS) is 1. The number of nitrogens with one attached hydrogen (secondary N) is 1. The minimum absolute atomic E-state index is 0.0277. The topological polar surface area (TPSA) is 66.4 Å². The van der Waals surface area contributed by atoms with Crippen LogP contribution in [0.4, 0.5) is 0 Å². The molecule has 6 atom stereocenters. The second-order valence-corrected chi connectivity index (χ2v) is 9.70. The van der Waals surface area contributed by atoms with Crippen LogP contribution in [-0.2, 0) is 9.59 Å². The molecule has 1 amide bonds. The Morgan fingerprint density at radius 2 is 2.00 bits per heavy atom. The summed E-state index contributed by atoms with van der Waals surface area (Å²) in [5, 5.41) is 13.2. The standard InChI is InChI=1S/C20H28ClNO3/c1-19-7-5-14-12(13(19)4-3-11(19)9-17(24)25)10-15(21)18-20(14,2)8-6-16(23)22-18/h11-14H,3-10H2,1-2H3,(H,22,23)(H,24,25)/t11-,12+,13+,14+,19-,20-/m1/s1. The molecule has 4 nitrogen and oxygen atoms in total. The number of hydrogen-bond donors (Lipinski definition) is 2. The van der Waals surface area contributed by atoms with Gasteiger partial charge in [-0.25, -0.2) is 0 Å². The van der Waals surface area contributed by atoms with E-state index in [2.05, 4.69) is 19.2 Å². The Kier molecular flexibility index (Phi) is 3.99. The number of carboxylic acids is 1. The summed E-state index contributed by atoms with van der Waals surface area (Å²) in [5.41, 5.74) is 1.08. The lowest BCUT2D eigenvalue weighted by molar-refractivity contribution is -0.140. The molecular weight excluding hydrogens is 338 g/mol. The van der Waals surface area contributed by atoms with E-state index in [4.69, 9.17) is 11.6 Å². The number of rotatable bonds is 2. The van der Waals surface area contributed by atoms with Crippen molar-refractivity contribution in [3.8, 4) is 0 Å². The van der Waals surface area contributed by atoms with Crippen molar-refractivity contribution < 1.29 is 14.7 Å². The zero-order valence-corrected chi connectivity index (χ0v) is 15.9. The van der Waals surface area contributed by atoms with Gasteiger partial charge in [0.1, 0.15) is 0 Å². The quantitative estimate of drug-likeness (QED) is 0.767. The number of carbonyl (C=O) groups excluding carboxylic acids is 1. The molecule has 0 unspecified atom stereocenters. The Morgan fingerprint density at radius 3 is 2.72 bits per heavy atom. The average Bonchev–Trinajstić information content (AvgIpc) is 2.86. The lowest BCUT2D eigenvalue weighted by Crippen LogP contribution is -2.54. The van der Waals surface area contributed by atoms with E-state index in [1.807, 2.05) is 0 Å². The number of allylic oxidation sites excluding steroid dienone is 2. The molecule has 3 aliphatic carbocycles. The number of hydrogen-bond acceptors (Lipinski definition) is 2. The molecule has 3 fully saturated rings. The number of piperidine rings is 1. The molecule has 5 heteroatoms. The molecule has 1 heterocycles. The van der Waals surface area contributed by atoms with Crippen LogP contribution >= 0.6 is 11.6 Å². The smallest absolute Gasteiger partial charge is 0.303 e. The maximum absolute atomic E-state index is 11.9. The van der Waals surface area contributed by atoms with Crippen LogP contribution in [0.3, 0.4) is 0 Å². The molecule has 138 valence electrons. The van der Waals surface area contributed by atoms with Crippen molar-refractivity contribution in [1.82, 2.24) is 5.32 Å². The number of aliphatic carboxylic acids is 1. The summed E-state index contributed by atoms with van der Waals surface area (Å²) in [4.78, 5) is 23.2. The molecule has 0 bridgehead atoms. The summed E-state index contributed by atoms with van der Waals surface area (Å²) >= 11 is 6.69. The van der Waals surface area contributed by atoms with Gasteiger partial charge in [-0.2, -0.15) is 0 Å². The number of amides is 1. The van der Waals surface area contributed by atoms with E-state index in [1.54, 1.807) is 0 Å². The molecule has 1 saturated heterocycles. The molecule has 4 rings (SSSR count). The highest BCUT2D eigenvalue weighted by atomic mass is 35.5. The molecule has 2 N–H and O–H groups in total. The third-order valence-electron chi connectivity index (χ3n) is 8.27. The summed E-state index contributed by atoms with van der Waals surface area (Å²) in [7, 11) is 0. The van der Waals surface area contributed by atoms with E-state index in [9.17, 15) is 14.7 Å². The molecule has 4 aliphatic rings. The van der Waals surface area contributed by atoms with Crippen LogP contribution in [0.15, 0.2) is 10.7 Å². The Hall–Kier alpha value is -1.03. The summed E-state index contributed by atoms with van der Waals surface area (Å²) in [6.45, 7) is 4.61. The maximum atomic E-state index is 11.9. The van der Waals surface area contributed by atoms with Crippen molar-refractivity contribution >= 4 is 23.5 Å². The SMILES string of the molecule is C[C@]12CC[C@H]3[C@@H](CC(Cl)=C4NC(=O)CC[C@@]43C)[C@@H]1CC[C@@H]2CC(=O)O. The van der Waals surface area contributed by atoms with E-state index in [0.717, 1.165) is 49.3 Å². The summed E-state index contributed by atoms with van der Waals surface area (Å²) in [6.07, 6.45) is 6.98. The fourth-order valence-electron chi connectivity index (χ4n) is 6.92. The Balaban J connectivity index is 1.67. The molecule has 0 aromatic carbocycles. The number of fused-ring (bicyclic) bond motifs is 5. The van der Waals surface area contributed by atoms with Crippen LogP contribution in [0.1, 0.15) is 65.2 Å². The Labute approximate surface area is 154 Å². The molecule has 0 radical (unpaired) electrons. The van der Waals surface area contributed by atoms with Crippen LogP contribution in [0.25, 0.3) is 0 Å². The predicted octanol–water partition coefficient (Wildman–Crippen LogP) is 4.29. The van der Waals surface area contributed by atoms with Gasteiger partial charge in [-0.1, -0.05) is 25.4 Å². The van der Waals surface area contributed by atoms with Gasteiger partial charge in [0.15, 0.2) is 0 Å². The molecule has 1 aliphatic heterocycles. The van der Waals surface area contributed by atoms with E-state index >= 15 is 0 Å². The minimum Gasteiger partial charge on any atom is -0.481 e. The molecule has 0 aromatic heterocycles. The Bertz CT molecular complexity index is 659. The molecule has 0 spiro atoms. The first-order valence-corrected chi connectivity index (χ1v) is 10.0. The lowest BCUT2D eigenvalue weighted by atomic mass is 9.49. The first-order valence-electron chi connectivity index (χ1n) is 9.66. The summed E-state index contributed by atoms with van der Waals surface area (Å²) in [5.74, 6) is 1.34. The van der Waals surface area contributed by atoms with Crippen LogP contribution in [0, 0.1) is 34.5 Å². The van der Waals surface area contributed by atoms with Gasteiger partial charge < -0.3 is 10.4 Å². The zero-order chi connectivity index (χ0) is 18.0. The predicted molar refractivity (Wildman–Crippen MR) is 95.8 cm³/mol. The second kappa shape index (κ2) is 5.73. The van der Waals surface area contributed by atoms with Crippen molar-refractivity contribution in [2.24, 2.45) is 34.5 Å². The first kappa shape index (κ1) is 17.4. The van der Waals surface area contributed by atoms with Gasteiger partial charge >= 0.3 is 5.97 Å². The van der Waals surface area contributed by atoms with Crippen molar-refractivity contribution in [1.29, 1.82) is 0 Å². The second-order valence-electron chi connectivity index (χ2n) is 9.24. The van der Waals surface area contributed by atoms with Gasteiger partial charge in [0.2, 0.25) is 5.91 Å². The van der Waals surface area contributed by atoms with Gasteiger partial charge in [0.25, 0.3) is 0 Å². The monoisotopic (exact) mass is 365 g/mol. The van der Waals surface area contributed by atoms with E-state index < -0.39 is 5.97 Å². The van der Waals surface area contributed by atoms with Crippen molar-refractivity contribution in [3.63, 3.8) is 0 Å². The molecule has 0 aromatic rings. The fourth-order valence-corrected chi connectivity index (χ4v) is 7.36. The fraction of sp³-hybridized carbons (Fsp3) is 0.800. The average molecular weight is 366 g/mol. The normalized spacial score (nSPS) is 46.1. The highest BCUT2D eigenvalue weighted by Crippen LogP contribution is 2.66. The van der Waals surface area contributed by atoms with Gasteiger partial charge in [-0.05, 0) is 67.6 Å². The molecular formula is C20H28ClNO3. The number of halogens is 1. The maximum Gasteiger partial charge on any atom is 0.303 e. The van der Waals surface area contributed by atoms with E-state index in [0.29, 0.717) is 36.5 Å². The van der Waals surface area contributed by atoms with Gasteiger partial charge in [0.05, 0.1) is 0 Å². The third-order valence-corrected chi connectivity index (χ3v) is 8.61. The summed E-state index contributed by atoms with van der Waals surface area (Å²) < 4.78 is 0. The van der Waals surface area contributed by atoms with Crippen LogP contribution in [-0.4, -0.2) is 17.0 Å². The van der Waals surface area contributed by atoms with Crippen LogP contribution in [0.5, 0.6) is 0 Å². The lowest BCUT2D eigenvalue weighted by Gasteiger charge is -2.57. The first-order chi connectivity index (χ1) is 11.8. The van der Waals surface area contributed by atoms with Gasteiger partial charge in [0, 0.05) is 29.0 Å². The third kappa shape index (κ3) is 2.47. The van der Waals surface area contributed by atoms with Crippen molar-refractivity contribution in [3.05, 3.63) is 10.7 Å². The number of carbonyl (C=O) groups is 2.